The van der Waals surface area contributed by atoms with Crippen molar-refractivity contribution < 1.29 is 4.79 Å². The fourth-order valence-electron chi connectivity index (χ4n) is 1.93. The van der Waals surface area contributed by atoms with Gasteiger partial charge >= 0.3 is 0 Å². The SMILES string of the molecule is CN(C)C(=O)Cc1ccccc1-c1cccc(Cl)c1. The molecule has 0 aliphatic rings. The fourth-order valence-corrected chi connectivity index (χ4v) is 2.12. The topological polar surface area (TPSA) is 20.3 Å². The molecule has 0 aromatic heterocycles. The first-order valence-corrected chi connectivity index (χ1v) is 6.49. The van der Waals surface area contributed by atoms with Crippen molar-refractivity contribution in [1.82, 2.24) is 4.90 Å². The molecule has 0 bridgehead atoms. The van der Waals surface area contributed by atoms with Crippen molar-refractivity contribution in [3.05, 3.63) is 59.1 Å². The molecular formula is C16H16ClNO. The minimum absolute atomic E-state index is 0.0921. The van der Waals surface area contributed by atoms with Crippen LogP contribution in [0, 0.1) is 0 Å². The molecule has 19 heavy (non-hydrogen) atoms. The van der Waals surface area contributed by atoms with E-state index in [9.17, 15) is 4.79 Å². The van der Waals surface area contributed by atoms with Crippen LogP contribution in [-0.4, -0.2) is 24.9 Å². The van der Waals surface area contributed by atoms with Gasteiger partial charge in [-0.3, -0.25) is 4.79 Å². The highest BCUT2D eigenvalue weighted by Crippen LogP contribution is 2.26. The van der Waals surface area contributed by atoms with Crippen molar-refractivity contribution in [2.75, 3.05) is 14.1 Å². The van der Waals surface area contributed by atoms with Crippen LogP contribution in [0.1, 0.15) is 5.56 Å². The van der Waals surface area contributed by atoms with E-state index in [-0.39, 0.29) is 5.91 Å². The molecular weight excluding hydrogens is 258 g/mol. The molecule has 3 heteroatoms. The molecule has 0 saturated carbocycles. The van der Waals surface area contributed by atoms with Gasteiger partial charge in [0.2, 0.25) is 5.91 Å². The lowest BCUT2D eigenvalue weighted by atomic mass is 9.97. The summed E-state index contributed by atoms with van der Waals surface area (Å²) in [5.74, 6) is 0.0921. The van der Waals surface area contributed by atoms with E-state index in [1.165, 1.54) is 0 Å². The second-order valence-corrected chi connectivity index (χ2v) is 5.07. The fraction of sp³-hybridized carbons (Fsp3) is 0.188. The number of carbonyl (C=O) groups is 1. The van der Waals surface area contributed by atoms with Gasteiger partial charge in [-0.05, 0) is 28.8 Å². The number of nitrogens with zero attached hydrogens (tertiary/aromatic N) is 1. The summed E-state index contributed by atoms with van der Waals surface area (Å²) >= 11 is 6.03. The lowest BCUT2D eigenvalue weighted by Gasteiger charge is -2.13. The summed E-state index contributed by atoms with van der Waals surface area (Å²) < 4.78 is 0. The Morgan fingerprint density at radius 1 is 1.11 bits per heavy atom. The maximum atomic E-state index is 11.9. The smallest absolute Gasteiger partial charge is 0.226 e. The number of likely N-dealkylation sites (N-methyl/N-ethyl adjacent to an activating group) is 1. The second kappa shape index (κ2) is 5.89. The number of hydrogen-bond acceptors (Lipinski definition) is 1. The molecule has 0 aliphatic heterocycles. The van der Waals surface area contributed by atoms with Crippen LogP contribution >= 0.6 is 11.6 Å². The van der Waals surface area contributed by atoms with Crippen LogP contribution in [0.3, 0.4) is 0 Å². The standard InChI is InChI=1S/C16H16ClNO/c1-18(2)16(19)11-13-6-3-4-9-15(13)12-7-5-8-14(17)10-12/h3-10H,11H2,1-2H3. The molecule has 1 amide bonds. The Bertz CT molecular complexity index is 593. The van der Waals surface area contributed by atoms with Crippen molar-refractivity contribution in [3.8, 4) is 11.1 Å². The molecule has 2 aromatic rings. The monoisotopic (exact) mass is 273 g/mol. The van der Waals surface area contributed by atoms with E-state index in [0.717, 1.165) is 16.7 Å². The normalized spacial score (nSPS) is 10.3. The van der Waals surface area contributed by atoms with Gasteiger partial charge in [0.1, 0.15) is 0 Å². The van der Waals surface area contributed by atoms with Gasteiger partial charge in [0.05, 0.1) is 6.42 Å². The second-order valence-electron chi connectivity index (χ2n) is 4.63. The Hall–Kier alpha value is -1.80. The zero-order valence-electron chi connectivity index (χ0n) is 11.1. The Morgan fingerprint density at radius 2 is 1.84 bits per heavy atom. The van der Waals surface area contributed by atoms with Crippen LogP contribution in [0.25, 0.3) is 11.1 Å². The van der Waals surface area contributed by atoms with Crippen molar-refractivity contribution in [3.63, 3.8) is 0 Å². The molecule has 0 unspecified atom stereocenters. The van der Waals surface area contributed by atoms with E-state index in [1.807, 2.05) is 48.5 Å². The highest BCUT2D eigenvalue weighted by Gasteiger charge is 2.10. The first kappa shape index (κ1) is 13.6. The van der Waals surface area contributed by atoms with Gasteiger partial charge < -0.3 is 4.90 Å². The maximum Gasteiger partial charge on any atom is 0.226 e. The molecule has 2 nitrogen and oxygen atoms in total. The van der Waals surface area contributed by atoms with Crippen molar-refractivity contribution >= 4 is 17.5 Å². The molecule has 0 radical (unpaired) electrons. The van der Waals surface area contributed by atoms with Gasteiger partial charge in [0, 0.05) is 19.1 Å². The zero-order valence-corrected chi connectivity index (χ0v) is 11.8. The summed E-state index contributed by atoms with van der Waals surface area (Å²) in [6.07, 6.45) is 0.398. The van der Waals surface area contributed by atoms with E-state index >= 15 is 0 Å². The Kier molecular flexibility index (Phi) is 4.23. The first-order valence-electron chi connectivity index (χ1n) is 6.12. The highest BCUT2D eigenvalue weighted by atomic mass is 35.5. The van der Waals surface area contributed by atoms with Crippen LogP contribution < -0.4 is 0 Å². The lowest BCUT2D eigenvalue weighted by molar-refractivity contribution is -0.127. The number of hydrogen-bond donors (Lipinski definition) is 0. The van der Waals surface area contributed by atoms with E-state index in [0.29, 0.717) is 11.4 Å². The molecule has 2 aromatic carbocycles. The lowest BCUT2D eigenvalue weighted by Crippen LogP contribution is -2.23. The molecule has 0 spiro atoms. The number of benzene rings is 2. The third kappa shape index (κ3) is 3.36. The Labute approximate surface area is 118 Å². The zero-order chi connectivity index (χ0) is 13.8. The van der Waals surface area contributed by atoms with Gasteiger partial charge in [0.25, 0.3) is 0 Å². The Morgan fingerprint density at radius 3 is 2.53 bits per heavy atom. The molecule has 98 valence electrons. The summed E-state index contributed by atoms with van der Waals surface area (Å²) in [4.78, 5) is 13.5. The van der Waals surface area contributed by atoms with Crippen LogP contribution in [-0.2, 0) is 11.2 Å². The van der Waals surface area contributed by atoms with E-state index in [4.69, 9.17) is 11.6 Å². The number of rotatable bonds is 3. The minimum Gasteiger partial charge on any atom is -0.349 e. The van der Waals surface area contributed by atoms with Crippen molar-refractivity contribution in [2.24, 2.45) is 0 Å². The van der Waals surface area contributed by atoms with Crippen LogP contribution in [0.4, 0.5) is 0 Å². The summed E-state index contributed by atoms with van der Waals surface area (Å²) in [5.41, 5.74) is 3.11. The number of halogens is 1. The average molecular weight is 274 g/mol. The molecule has 0 saturated heterocycles. The number of amides is 1. The summed E-state index contributed by atoms with van der Waals surface area (Å²) in [6.45, 7) is 0. The third-order valence-electron chi connectivity index (χ3n) is 2.99. The third-order valence-corrected chi connectivity index (χ3v) is 3.23. The van der Waals surface area contributed by atoms with Gasteiger partial charge in [-0.2, -0.15) is 0 Å². The predicted octanol–water partition coefficient (Wildman–Crippen LogP) is 3.64. The van der Waals surface area contributed by atoms with Crippen molar-refractivity contribution in [1.29, 1.82) is 0 Å². The molecule has 0 heterocycles. The molecule has 0 aliphatic carbocycles. The summed E-state index contributed by atoms with van der Waals surface area (Å²) in [5, 5.41) is 0.700. The van der Waals surface area contributed by atoms with Crippen LogP contribution in [0.2, 0.25) is 5.02 Å². The largest absolute Gasteiger partial charge is 0.349 e. The van der Waals surface area contributed by atoms with Gasteiger partial charge in [-0.15, -0.1) is 0 Å². The quantitative estimate of drug-likeness (QED) is 0.836. The minimum atomic E-state index is 0.0921. The average Bonchev–Trinajstić information content (AvgIpc) is 2.39. The van der Waals surface area contributed by atoms with Crippen LogP contribution in [0.5, 0.6) is 0 Å². The Balaban J connectivity index is 2.39. The van der Waals surface area contributed by atoms with E-state index < -0.39 is 0 Å². The van der Waals surface area contributed by atoms with Gasteiger partial charge in [0.15, 0.2) is 0 Å². The summed E-state index contributed by atoms with van der Waals surface area (Å²) in [7, 11) is 3.54. The highest BCUT2D eigenvalue weighted by molar-refractivity contribution is 6.30. The predicted molar refractivity (Wildman–Crippen MR) is 79.3 cm³/mol. The van der Waals surface area contributed by atoms with Gasteiger partial charge in [-0.1, -0.05) is 48.0 Å². The molecule has 0 atom stereocenters. The molecule has 0 N–H and O–H groups in total. The van der Waals surface area contributed by atoms with Gasteiger partial charge in [-0.25, -0.2) is 0 Å². The van der Waals surface area contributed by atoms with E-state index in [2.05, 4.69) is 0 Å². The first-order chi connectivity index (χ1) is 9.08. The van der Waals surface area contributed by atoms with Crippen molar-refractivity contribution in [2.45, 2.75) is 6.42 Å². The molecule has 0 fully saturated rings. The number of carbonyl (C=O) groups excluding carboxylic acids is 1. The van der Waals surface area contributed by atoms with Crippen LogP contribution in [0.15, 0.2) is 48.5 Å². The maximum absolute atomic E-state index is 11.9. The van der Waals surface area contributed by atoms with E-state index in [1.54, 1.807) is 19.0 Å². The summed E-state index contributed by atoms with van der Waals surface area (Å²) in [6, 6.07) is 15.6. The molecule has 2 rings (SSSR count).